The van der Waals surface area contributed by atoms with Crippen LogP contribution in [0.5, 0.6) is 0 Å². The van der Waals surface area contributed by atoms with E-state index in [-0.39, 0.29) is 24.0 Å². The molecule has 1 aliphatic heterocycles. The van der Waals surface area contributed by atoms with Crippen molar-refractivity contribution < 1.29 is 4.74 Å². The molecule has 2 N–H and O–H groups in total. The van der Waals surface area contributed by atoms with E-state index < -0.39 is 0 Å². The van der Waals surface area contributed by atoms with Gasteiger partial charge in [0.05, 0.1) is 13.2 Å². The zero-order chi connectivity index (χ0) is 15.8. The van der Waals surface area contributed by atoms with E-state index in [2.05, 4.69) is 51.2 Å². The lowest BCUT2D eigenvalue weighted by Gasteiger charge is -2.37. The third-order valence-corrected chi connectivity index (χ3v) is 4.76. The average molecular weight is 452 g/mol. The summed E-state index contributed by atoms with van der Waals surface area (Å²) in [4.78, 5) is 6.84. The Labute approximate surface area is 160 Å². The summed E-state index contributed by atoms with van der Waals surface area (Å²) in [6, 6.07) is 2.64. The maximum Gasteiger partial charge on any atom is 0.191 e. The minimum absolute atomic E-state index is 0. The molecule has 0 saturated carbocycles. The summed E-state index contributed by atoms with van der Waals surface area (Å²) in [5, 5.41) is 11.1. The second-order valence-electron chi connectivity index (χ2n) is 5.90. The number of nitrogens with zero attached hydrogens (tertiary/aromatic N) is 2. The van der Waals surface area contributed by atoms with Gasteiger partial charge in [-0.2, -0.15) is 11.3 Å². The SMILES string of the molecule is CN=C(NCc1ccsc1)NCC(C(C)C)N1CCOCC1.I. The Kier molecular flexibility index (Phi) is 10.1. The topological polar surface area (TPSA) is 48.9 Å². The lowest BCUT2D eigenvalue weighted by molar-refractivity contribution is 0.00752. The van der Waals surface area contributed by atoms with Crippen LogP contribution in [0.3, 0.4) is 0 Å². The van der Waals surface area contributed by atoms with Crippen LogP contribution in [-0.2, 0) is 11.3 Å². The Morgan fingerprint density at radius 2 is 2.09 bits per heavy atom. The van der Waals surface area contributed by atoms with Crippen molar-refractivity contribution in [3.8, 4) is 0 Å². The molecule has 1 aromatic rings. The molecule has 1 aromatic heterocycles. The van der Waals surface area contributed by atoms with Crippen molar-refractivity contribution in [3.63, 3.8) is 0 Å². The van der Waals surface area contributed by atoms with E-state index in [9.17, 15) is 0 Å². The molecule has 1 saturated heterocycles. The number of hydrogen-bond acceptors (Lipinski definition) is 4. The molecule has 0 aromatic carbocycles. The predicted molar refractivity (Wildman–Crippen MR) is 109 cm³/mol. The number of thiophene rings is 1. The molecule has 0 amide bonds. The van der Waals surface area contributed by atoms with E-state index in [1.54, 1.807) is 11.3 Å². The fourth-order valence-electron chi connectivity index (χ4n) is 2.70. The quantitative estimate of drug-likeness (QED) is 0.396. The zero-order valence-corrected chi connectivity index (χ0v) is 17.4. The number of halogens is 1. The molecule has 5 nitrogen and oxygen atoms in total. The van der Waals surface area contributed by atoms with Gasteiger partial charge in [-0.3, -0.25) is 9.89 Å². The molecule has 0 bridgehead atoms. The standard InChI is InChI=1S/C16H28N4OS.HI/c1-13(2)15(20-5-7-21-8-6-20)11-19-16(17-3)18-10-14-4-9-22-12-14;/h4,9,12-13,15H,5-8,10-11H2,1-3H3,(H2,17,18,19);1H. The lowest BCUT2D eigenvalue weighted by Crippen LogP contribution is -2.52. The molecule has 1 unspecified atom stereocenters. The van der Waals surface area contributed by atoms with Gasteiger partial charge in [0, 0.05) is 39.3 Å². The normalized spacial score (nSPS) is 17.7. The largest absolute Gasteiger partial charge is 0.379 e. The van der Waals surface area contributed by atoms with Gasteiger partial charge in [-0.1, -0.05) is 13.8 Å². The van der Waals surface area contributed by atoms with Crippen molar-refractivity contribution in [1.29, 1.82) is 0 Å². The van der Waals surface area contributed by atoms with Crippen LogP contribution >= 0.6 is 35.3 Å². The monoisotopic (exact) mass is 452 g/mol. The highest BCUT2D eigenvalue weighted by molar-refractivity contribution is 14.0. The number of morpholine rings is 1. The Hall–Kier alpha value is -0.380. The van der Waals surface area contributed by atoms with Gasteiger partial charge in [-0.05, 0) is 28.3 Å². The summed E-state index contributed by atoms with van der Waals surface area (Å²) in [6.07, 6.45) is 0. The van der Waals surface area contributed by atoms with Gasteiger partial charge in [0.2, 0.25) is 0 Å². The highest BCUT2D eigenvalue weighted by atomic mass is 127. The summed E-state index contributed by atoms with van der Waals surface area (Å²) in [7, 11) is 1.82. The number of hydrogen-bond donors (Lipinski definition) is 2. The van der Waals surface area contributed by atoms with Crippen molar-refractivity contribution in [3.05, 3.63) is 22.4 Å². The third-order valence-electron chi connectivity index (χ3n) is 4.03. The third kappa shape index (κ3) is 6.94. The van der Waals surface area contributed by atoms with E-state index in [0.29, 0.717) is 12.0 Å². The molecule has 23 heavy (non-hydrogen) atoms. The van der Waals surface area contributed by atoms with Gasteiger partial charge < -0.3 is 15.4 Å². The molecule has 1 atom stereocenters. The van der Waals surface area contributed by atoms with Crippen LogP contribution < -0.4 is 10.6 Å². The molecule has 1 fully saturated rings. The summed E-state index contributed by atoms with van der Waals surface area (Å²) in [5.74, 6) is 1.46. The first-order valence-corrected chi connectivity index (χ1v) is 8.92. The molecule has 2 heterocycles. The van der Waals surface area contributed by atoms with Crippen molar-refractivity contribution in [2.75, 3.05) is 39.9 Å². The number of ether oxygens (including phenoxy) is 1. The van der Waals surface area contributed by atoms with Crippen molar-refractivity contribution >= 4 is 41.3 Å². The van der Waals surface area contributed by atoms with Crippen LogP contribution in [-0.4, -0.2) is 56.8 Å². The Bertz CT molecular complexity index is 447. The molecule has 0 spiro atoms. The molecule has 132 valence electrons. The molecule has 2 rings (SSSR count). The maximum absolute atomic E-state index is 5.46. The second-order valence-corrected chi connectivity index (χ2v) is 6.68. The number of rotatable bonds is 6. The van der Waals surface area contributed by atoms with E-state index in [1.807, 2.05) is 7.05 Å². The fraction of sp³-hybridized carbons (Fsp3) is 0.688. The molecular formula is C16H29IN4OS. The van der Waals surface area contributed by atoms with Crippen LogP contribution in [0.1, 0.15) is 19.4 Å². The number of nitrogens with one attached hydrogen (secondary N) is 2. The molecule has 7 heteroatoms. The lowest BCUT2D eigenvalue weighted by atomic mass is 10.0. The van der Waals surface area contributed by atoms with E-state index in [0.717, 1.165) is 45.4 Å². The van der Waals surface area contributed by atoms with Gasteiger partial charge in [-0.15, -0.1) is 24.0 Å². The summed E-state index contributed by atoms with van der Waals surface area (Å²) in [5.41, 5.74) is 1.29. The van der Waals surface area contributed by atoms with Crippen LogP contribution in [0.4, 0.5) is 0 Å². The van der Waals surface area contributed by atoms with Gasteiger partial charge in [-0.25, -0.2) is 0 Å². The van der Waals surface area contributed by atoms with Crippen LogP contribution in [0.2, 0.25) is 0 Å². The van der Waals surface area contributed by atoms with Crippen molar-refractivity contribution in [1.82, 2.24) is 15.5 Å². The van der Waals surface area contributed by atoms with E-state index in [1.165, 1.54) is 5.56 Å². The van der Waals surface area contributed by atoms with E-state index >= 15 is 0 Å². The van der Waals surface area contributed by atoms with E-state index in [4.69, 9.17) is 4.74 Å². The highest BCUT2D eigenvalue weighted by Gasteiger charge is 2.23. The average Bonchev–Trinajstić information content (AvgIpc) is 3.04. The minimum atomic E-state index is 0. The Morgan fingerprint density at radius 1 is 1.35 bits per heavy atom. The maximum atomic E-state index is 5.46. The molecule has 1 aliphatic rings. The Morgan fingerprint density at radius 3 is 2.65 bits per heavy atom. The predicted octanol–water partition coefficient (Wildman–Crippen LogP) is 2.39. The second kappa shape index (κ2) is 11.2. The number of guanidine groups is 1. The first-order valence-electron chi connectivity index (χ1n) is 7.98. The van der Waals surface area contributed by atoms with Crippen LogP contribution in [0.15, 0.2) is 21.8 Å². The summed E-state index contributed by atoms with van der Waals surface area (Å²) < 4.78 is 5.46. The van der Waals surface area contributed by atoms with Crippen LogP contribution in [0.25, 0.3) is 0 Å². The highest BCUT2D eigenvalue weighted by Crippen LogP contribution is 2.12. The van der Waals surface area contributed by atoms with Gasteiger partial charge in [0.1, 0.15) is 0 Å². The first kappa shape index (κ1) is 20.7. The summed E-state index contributed by atoms with van der Waals surface area (Å²) in [6.45, 7) is 10.0. The minimum Gasteiger partial charge on any atom is -0.379 e. The van der Waals surface area contributed by atoms with Gasteiger partial charge in [0.25, 0.3) is 0 Å². The Balaban J connectivity index is 0.00000264. The van der Waals surface area contributed by atoms with Gasteiger partial charge >= 0.3 is 0 Å². The molecular weight excluding hydrogens is 423 g/mol. The first-order chi connectivity index (χ1) is 10.7. The zero-order valence-electron chi connectivity index (χ0n) is 14.2. The molecule has 0 aliphatic carbocycles. The smallest absolute Gasteiger partial charge is 0.191 e. The number of aliphatic imine (C=N–C) groups is 1. The van der Waals surface area contributed by atoms with Crippen molar-refractivity contribution in [2.45, 2.75) is 26.4 Å². The van der Waals surface area contributed by atoms with Crippen molar-refractivity contribution in [2.24, 2.45) is 10.9 Å². The van der Waals surface area contributed by atoms with Crippen LogP contribution in [0, 0.1) is 5.92 Å². The van der Waals surface area contributed by atoms with Gasteiger partial charge in [0.15, 0.2) is 5.96 Å². The fourth-order valence-corrected chi connectivity index (χ4v) is 3.37. The molecule has 0 radical (unpaired) electrons. The summed E-state index contributed by atoms with van der Waals surface area (Å²) >= 11 is 1.72.